The van der Waals surface area contributed by atoms with E-state index < -0.39 is 0 Å². The minimum absolute atomic E-state index is 0.665. The van der Waals surface area contributed by atoms with Gasteiger partial charge >= 0.3 is 0 Å². The predicted molar refractivity (Wildman–Crippen MR) is 73.5 cm³/mol. The molecule has 3 rings (SSSR count). The maximum Gasteiger partial charge on any atom is 0.133 e. The second kappa shape index (κ2) is 4.21. The van der Waals surface area contributed by atoms with Crippen LogP contribution in [0, 0.1) is 18.5 Å². The van der Waals surface area contributed by atoms with Gasteiger partial charge in [0, 0.05) is 12.0 Å². The molecule has 0 amide bonds. The highest BCUT2D eigenvalue weighted by molar-refractivity contribution is 7.71. The summed E-state index contributed by atoms with van der Waals surface area (Å²) in [4.78, 5) is 7.57. The van der Waals surface area contributed by atoms with Crippen LogP contribution in [0.2, 0.25) is 0 Å². The summed E-state index contributed by atoms with van der Waals surface area (Å²) in [7, 11) is 0. The number of hydrogen-bond donors (Lipinski definition) is 1. The van der Waals surface area contributed by atoms with Crippen LogP contribution in [0.15, 0.2) is 18.2 Å². The summed E-state index contributed by atoms with van der Waals surface area (Å²) in [6.07, 6.45) is 0.979. The van der Waals surface area contributed by atoms with E-state index in [1.807, 2.05) is 19.9 Å². The molecule has 0 spiro atoms. The van der Waals surface area contributed by atoms with Crippen molar-refractivity contribution >= 4 is 12.2 Å². The molecule has 1 aliphatic rings. The molecule has 0 bridgehead atoms. The Morgan fingerprint density at radius 2 is 2.17 bits per heavy atom. The van der Waals surface area contributed by atoms with Gasteiger partial charge in [-0.1, -0.05) is 12.2 Å². The van der Waals surface area contributed by atoms with Gasteiger partial charge in [-0.05, 0) is 43.2 Å². The number of rotatable bonds is 1. The maximum absolute atomic E-state index is 5.52. The molecule has 2 aromatic rings. The summed E-state index contributed by atoms with van der Waals surface area (Å²) >= 11 is 5.27. The first kappa shape index (κ1) is 11.4. The third kappa shape index (κ3) is 1.82. The summed E-state index contributed by atoms with van der Waals surface area (Å²) in [6, 6.07) is 6.27. The van der Waals surface area contributed by atoms with Gasteiger partial charge in [-0.15, -0.1) is 0 Å². The molecular weight excluding hydrogens is 244 g/mol. The lowest BCUT2D eigenvalue weighted by Gasteiger charge is -2.09. The van der Waals surface area contributed by atoms with E-state index in [0.29, 0.717) is 4.64 Å². The molecule has 92 valence electrons. The number of aromatic nitrogens is 2. The van der Waals surface area contributed by atoms with Crippen LogP contribution in [0.1, 0.15) is 17.0 Å². The number of nitrogens with one attached hydrogen (secondary N) is 1. The van der Waals surface area contributed by atoms with Crippen molar-refractivity contribution < 1.29 is 4.74 Å². The fraction of sp³-hybridized carbons (Fsp3) is 0.286. The van der Waals surface area contributed by atoms with Crippen LogP contribution in [0.5, 0.6) is 5.75 Å². The van der Waals surface area contributed by atoms with Crippen LogP contribution in [0.3, 0.4) is 0 Å². The lowest BCUT2D eigenvalue weighted by atomic mass is 10.0. The molecule has 4 heteroatoms. The number of benzene rings is 1. The molecule has 0 saturated heterocycles. The first-order valence-corrected chi connectivity index (χ1v) is 6.39. The zero-order valence-corrected chi connectivity index (χ0v) is 11.2. The number of hydrogen-bond acceptors (Lipinski definition) is 3. The first-order chi connectivity index (χ1) is 8.65. The van der Waals surface area contributed by atoms with Crippen molar-refractivity contribution in [1.82, 2.24) is 9.97 Å². The summed E-state index contributed by atoms with van der Waals surface area (Å²) < 4.78 is 6.19. The zero-order valence-electron chi connectivity index (χ0n) is 10.4. The normalized spacial score (nSPS) is 13.2. The maximum atomic E-state index is 5.52. The van der Waals surface area contributed by atoms with Crippen molar-refractivity contribution in [1.29, 1.82) is 0 Å². The van der Waals surface area contributed by atoms with Gasteiger partial charge in [-0.25, -0.2) is 4.98 Å². The predicted octanol–water partition coefficient (Wildman–Crippen LogP) is 3.36. The van der Waals surface area contributed by atoms with Gasteiger partial charge in [0.2, 0.25) is 0 Å². The van der Waals surface area contributed by atoms with E-state index >= 15 is 0 Å². The van der Waals surface area contributed by atoms with Gasteiger partial charge in [0.15, 0.2) is 0 Å². The Morgan fingerprint density at radius 3 is 3.00 bits per heavy atom. The molecule has 0 saturated carbocycles. The van der Waals surface area contributed by atoms with E-state index in [9.17, 15) is 0 Å². The van der Waals surface area contributed by atoms with Gasteiger partial charge in [-0.3, -0.25) is 0 Å². The van der Waals surface area contributed by atoms with Crippen LogP contribution in [0.4, 0.5) is 0 Å². The molecule has 0 fully saturated rings. The molecule has 1 aliphatic heterocycles. The molecule has 1 aromatic heterocycles. The summed E-state index contributed by atoms with van der Waals surface area (Å²) in [6.45, 7) is 4.71. The van der Waals surface area contributed by atoms with Crippen LogP contribution >= 0.6 is 12.2 Å². The number of aryl methyl sites for hydroxylation is 1. The minimum atomic E-state index is 0.665. The lowest BCUT2D eigenvalue weighted by Crippen LogP contribution is -1.96. The number of nitrogens with zero attached hydrogens (tertiary/aromatic N) is 1. The summed E-state index contributed by atoms with van der Waals surface area (Å²) in [5.74, 6) is 1.85. The van der Waals surface area contributed by atoms with Gasteiger partial charge in [-0.2, -0.15) is 0 Å². The smallest absolute Gasteiger partial charge is 0.133 e. The molecule has 1 aromatic carbocycles. The minimum Gasteiger partial charge on any atom is -0.493 e. The second-order valence-electron chi connectivity index (χ2n) is 4.55. The number of fused-ring (bicyclic) bond motifs is 1. The Bertz CT molecular complexity index is 676. The highest BCUT2D eigenvalue weighted by atomic mass is 32.1. The molecule has 0 aliphatic carbocycles. The topological polar surface area (TPSA) is 37.9 Å². The molecule has 0 radical (unpaired) electrons. The second-order valence-corrected chi connectivity index (χ2v) is 4.94. The monoisotopic (exact) mass is 258 g/mol. The van der Waals surface area contributed by atoms with Crippen molar-refractivity contribution in [2.24, 2.45) is 0 Å². The number of aromatic amines is 1. The van der Waals surface area contributed by atoms with E-state index in [2.05, 4.69) is 22.1 Å². The van der Waals surface area contributed by atoms with Crippen molar-refractivity contribution in [3.05, 3.63) is 39.8 Å². The third-order valence-electron chi connectivity index (χ3n) is 3.25. The van der Waals surface area contributed by atoms with Crippen LogP contribution in [0.25, 0.3) is 11.3 Å². The zero-order chi connectivity index (χ0) is 12.7. The van der Waals surface area contributed by atoms with E-state index in [1.54, 1.807) is 0 Å². The molecule has 1 N–H and O–H groups in total. The average Bonchev–Trinajstić information content (AvgIpc) is 2.80. The largest absolute Gasteiger partial charge is 0.493 e. The highest BCUT2D eigenvalue weighted by Crippen LogP contribution is 2.30. The molecule has 2 heterocycles. The third-order valence-corrected chi connectivity index (χ3v) is 3.65. The van der Waals surface area contributed by atoms with E-state index in [1.165, 1.54) is 5.56 Å². The fourth-order valence-corrected chi connectivity index (χ4v) is 2.52. The van der Waals surface area contributed by atoms with E-state index in [4.69, 9.17) is 17.0 Å². The van der Waals surface area contributed by atoms with Crippen molar-refractivity contribution in [3.8, 4) is 17.0 Å². The van der Waals surface area contributed by atoms with Gasteiger partial charge in [0.25, 0.3) is 0 Å². The fourth-order valence-electron chi connectivity index (χ4n) is 2.28. The quantitative estimate of drug-likeness (QED) is 0.797. The van der Waals surface area contributed by atoms with Crippen LogP contribution < -0.4 is 4.74 Å². The number of H-pyrrole nitrogens is 1. The summed E-state index contributed by atoms with van der Waals surface area (Å²) in [5.41, 5.74) is 4.49. The van der Waals surface area contributed by atoms with Crippen molar-refractivity contribution in [2.75, 3.05) is 6.61 Å². The van der Waals surface area contributed by atoms with E-state index in [0.717, 1.165) is 41.4 Å². The Morgan fingerprint density at radius 1 is 1.33 bits per heavy atom. The van der Waals surface area contributed by atoms with Crippen molar-refractivity contribution in [3.63, 3.8) is 0 Å². The van der Waals surface area contributed by atoms with E-state index in [-0.39, 0.29) is 0 Å². The summed E-state index contributed by atoms with van der Waals surface area (Å²) in [5, 5.41) is 0. The highest BCUT2D eigenvalue weighted by Gasteiger charge is 2.14. The Hall–Kier alpha value is -1.68. The average molecular weight is 258 g/mol. The number of ether oxygens (including phenoxy) is 1. The Labute approximate surface area is 111 Å². The molecule has 0 unspecified atom stereocenters. The molecule has 3 nitrogen and oxygen atoms in total. The molecular formula is C14H14N2OS. The Kier molecular flexibility index (Phi) is 2.67. The van der Waals surface area contributed by atoms with Gasteiger partial charge < -0.3 is 9.72 Å². The Balaban J connectivity index is 2.18. The SMILES string of the molecule is Cc1nc(=S)c(C)c(-c2ccc3c(c2)CCO3)[nH]1. The molecule has 18 heavy (non-hydrogen) atoms. The first-order valence-electron chi connectivity index (χ1n) is 5.99. The van der Waals surface area contributed by atoms with Crippen LogP contribution in [-0.2, 0) is 6.42 Å². The van der Waals surface area contributed by atoms with Gasteiger partial charge in [0.05, 0.1) is 12.3 Å². The molecule has 0 atom stereocenters. The standard InChI is InChI=1S/C14H14N2OS/c1-8-13(15-9(2)16-14(8)18)11-3-4-12-10(7-11)5-6-17-12/h3-4,7H,5-6H2,1-2H3,(H,15,16,18). The van der Waals surface area contributed by atoms with Crippen LogP contribution in [-0.4, -0.2) is 16.6 Å². The van der Waals surface area contributed by atoms with Gasteiger partial charge in [0.1, 0.15) is 16.2 Å². The van der Waals surface area contributed by atoms with Crippen molar-refractivity contribution in [2.45, 2.75) is 20.3 Å². The lowest BCUT2D eigenvalue weighted by molar-refractivity contribution is 0.357.